The molecule has 0 aliphatic carbocycles. The van der Waals surface area contributed by atoms with Gasteiger partial charge in [-0.15, -0.1) is 5.10 Å². The zero-order valence-corrected chi connectivity index (χ0v) is 16.4. The van der Waals surface area contributed by atoms with Crippen LogP contribution >= 0.6 is 0 Å². The summed E-state index contributed by atoms with van der Waals surface area (Å²) in [6, 6.07) is 11.0. The Kier molecular flexibility index (Phi) is 5.08. The third-order valence-corrected chi connectivity index (χ3v) is 4.61. The normalized spacial score (nSPS) is 10.6. The van der Waals surface area contributed by atoms with Crippen molar-refractivity contribution >= 4 is 5.82 Å². The molecule has 1 aromatic carbocycles. The highest BCUT2D eigenvalue weighted by Crippen LogP contribution is 2.28. The summed E-state index contributed by atoms with van der Waals surface area (Å²) in [5.41, 5.74) is 8.25. The van der Waals surface area contributed by atoms with Crippen LogP contribution in [-0.2, 0) is 13.1 Å². The number of aromatic nitrogens is 7. The lowest BCUT2D eigenvalue weighted by atomic mass is 10.0. The number of anilines is 1. The monoisotopic (exact) mass is 414 g/mol. The number of rotatable bonds is 5. The van der Waals surface area contributed by atoms with E-state index >= 15 is 0 Å². The summed E-state index contributed by atoms with van der Waals surface area (Å²) in [6.07, 6.45) is 3.21. The molecule has 0 aliphatic heterocycles. The van der Waals surface area contributed by atoms with Gasteiger partial charge in [-0.2, -0.15) is 15.6 Å². The molecule has 10 nitrogen and oxygen atoms in total. The van der Waals surface area contributed by atoms with E-state index in [-0.39, 0.29) is 36.1 Å². The van der Waals surface area contributed by atoms with Crippen LogP contribution in [0.2, 0.25) is 0 Å². The first-order valence-corrected chi connectivity index (χ1v) is 9.13. The smallest absolute Gasteiger partial charge is 0.193 e. The summed E-state index contributed by atoms with van der Waals surface area (Å²) in [4.78, 5) is 8.36. The molecular formula is C20H15FN10. The van der Waals surface area contributed by atoms with Crippen LogP contribution in [0.25, 0.3) is 22.8 Å². The zero-order chi connectivity index (χ0) is 22.0. The minimum absolute atomic E-state index is 0.0921. The summed E-state index contributed by atoms with van der Waals surface area (Å²) in [7, 11) is 0. The van der Waals surface area contributed by atoms with Crippen molar-refractivity contribution in [1.82, 2.24) is 34.7 Å². The van der Waals surface area contributed by atoms with E-state index in [1.54, 1.807) is 37.4 Å². The predicted octanol–water partition coefficient (Wildman–Crippen LogP) is 2.07. The Morgan fingerprint density at radius 3 is 2.77 bits per heavy atom. The van der Waals surface area contributed by atoms with Crippen LogP contribution in [0.5, 0.6) is 0 Å². The molecular weight excluding hydrogens is 399 g/mol. The average molecular weight is 414 g/mol. The first-order chi connectivity index (χ1) is 15.0. The van der Waals surface area contributed by atoms with Crippen LogP contribution in [0.15, 0.2) is 36.7 Å². The molecule has 0 bridgehead atoms. The Morgan fingerprint density at radius 1 is 1.16 bits per heavy atom. The Morgan fingerprint density at radius 2 is 2.00 bits per heavy atom. The van der Waals surface area contributed by atoms with Crippen molar-refractivity contribution < 1.29 is 4.39 Å². The Labute approximate surface area is 176 Å². The fourth-order valence-corrected chi connectivity index (χ4v) is 3.05. The van der Waals surface area contributed by atoms with Crippen LogP contribution in [0, 0.1) is 35.4 Å². The number of nitrogens with zero attached hydrogens (tertiary/aromatic N) is 9. The van der Waals surface area contributed by atoms with Gasteiger partial charge in [0.2, 0.25) is 0 Å². The standard InChI is InChI=1S/C20H15FN10/c1-12-13(9-23)3-2-4-15(12)20-25-18(17(21)19(24)26-20)16-11-31(29-27-16)10-14-5-7-30(28-14)8-6-22/h2-5,7,11H,8,10H2,1H3,(H2,24,25,26). The summed E-state index contributed by atoms with van der Waals surface area (Å²) in [5.74, 6) is -0.942. The van der Waals surface area contributed by atoms with Gasteiger partial charge in [0, 0.05) is 11.8 Å². The molecule has 3 aromatic heterocycles. The largest absolute Gasteiger partial charge is 0.381 e. The topological polar surface area (TPSA) is 148 Å². The molecule has 0 spiro atoms. The van der Waals surface area contributed by atoms with Crippen molar-refractivity contribution in [3.8, 4) is 34.9 Å². The van der Waals surface area contributed by atoms with Gasteiger partial charge in [0.05, 0.1) is 36.1 Å². The highest BCUT2D eigenvalue weighted by Gasteiger charge is 2.19. The molecule has 0 saturated heterocycles. The van der Waals surface area contributed by atoms with E-state index in [4.69, 9.17) is 11.0 Å². The van der Waals surface area contributed by atoms with Crippen LogP contribution in [-0.4, -0.2) is 34.7 Å². The highest BCUT2D eigenvalue weighted by molar-refractivity contribution is 5.69. The molecule has 0 amide bonds. The van der Waals surface area contributed by atoms with Gasteiger partial charge in [0.25, 0.3) is 0 Å². The number of nitrogen functional groups attached to an aromatic ring is 1. The van der Waals surface area contributed by atoms with E-state index in [1.165, 1.54) is 15.6 Å². The van der Waals surface area contributed by atoms with Crippen molar-refractivity contribution in [2.45, 2.75) is 20.0 Å². The summed E-state index contributed by atoms with van der Waals surface area (Å²) < 4.78 is 17.7. The van der Waals surface area contributed by atoms with E-state index in [1.807, 2.05) is 6.07 Å². The maximum Gasteiger partial charge on any atom is 0.193 e. The lowest BCUT2D eigenvalue weighted by molar-refractivity contribution is 0.616. The molecule has 152 valence electrons. The zero-order valence-electron chi connectivity index (χ0n) is 16.4. The molecule has 4 aromatic rings. The first-order valence-electron chi connectivity index (χ1n) is 9.13. The van der Waals surface area contributed by atoms with E-state index < -0.39 is 5.82 Å². The number of nitriles is 2. The fourth-order valence-electron chi connectivity index (χ4n) is 3.05. The second kappa shape index (κ2) is 8.00. The average Bonchev–Trinajstić information content (AvgIpc) is 3.40. The summed E-state index contributed by atoms with van der Waals surface area (Å²) >= 11 is 0. The molecule has 31 heavy (non-hydrogen) atoms. The van der Waals surface area contributed by atoms with E-state index in [0.29, 0.717) is 22.4 Å². The third-order valence-electron chi connectivity index (χ3n) is 4.61. The second-order valence-electron chi connectivity index (χ2n) is 6.65. The highest BCUT2D eigenvalue weighted by atomic mass is 19.1. The molecule has 0 fully saturated rings. The molecule has 0 saturated carbocycles. The van der Waals surface area contributed by atoms with Crippen molar-refractivity contribution in [1.29, 1.82) is 10.5 Å². The quantitative estimate of drug-likeness (QED) is 0.522. The summed E-state index contributed by atoms with van der Waals surface area (Å²) in [6.45, 7) is 2.19. The van der Waals surface area contributed by atoms with Crippen LogP contribution in [0.3, 0.4) is 0 Å². The van der Waals surface area contributed by atoms with Crippen molar-refractivity contribution in [3.05, 3.63) is 59.3 Å². The number of nitrogens with two attached hydrogens (primary N) is 1. The molecule has 4 rings (SSSR count). The first kappa shape index (κ1) is 19.7. The summed E-state index contributed by atoms with van der Waals surface area (Å²) in [5, 5.41) is 30.3. The van der Waals surface area contributed by atoms with Crippen molar-refractivity contribution in [2.75, 3.05) is 5.73 Å². The Balaban J connectivity index is 1.69. The molecule has 11 heteroatoms. The molecule has 0 radical (unpaired) electrons. The van der Waals surface area contributed by atoms with E-state index in [2.05, 4.69) is 31.4 Å². The van der Waals surface area contributed by atoms with Crippen LogP contribution in [0.4, 0.5) is 10.2 Å². The van der Waals surface area contributed by atoms with Gasteiger partial charge in [0.15, 0.2) is 17.5 Å². The minimum atomic E-state index is -0.803. The number of benzene rings is 1. The second-order valence-corrected chi connectivity index (χ2v) is 6.65. The Hall–Kier alpha value is -4.64. The number of halogens is 1. The molecule has 3 heterocycles. The Bertz CT molecular complexity index is 1360. The van der Waals surface area contributed by atoms with Gasteiger partial charge in [-0.1, -0.05) is 17.3 Å². The SMILES string of the molecule is Cc1c(C#N)cccc1-c1nc(N)c(F)c(-c2cn(Cc3ccn(CC#N)n3)nn2)n1. The maximum atomic E-state index is 14.7. The van der Waals surface area contributed by atoms with Gasteiger partial charge >= 0.3 is 0 Å². The minimum Gasteiger partial charge on any atom is -0.381 e. The van der Waals surface area contributed by atoms with Crippen molar-refractivity contribution in [2.24, 2.45) is 0 Å². The van der Waals surface area contributed by atoms with Gasteiger partial charge in [0.1, 0.15) is 17.9 Å². The molecule has 0 aliphatic rings. The number of hydrogen-bond donors (Lipinski definition) is 1. The fraction of sp³-hybridized carbons (Fsp3) is 0.150. The van der Waals surface area contributed by atoms with Gasteiger partial charge < -0.3 is 5.73 Å². The number of hydrogen-bond acceptors (Lipinski definition) is 8. The molecule has 2 N–H and O–H groups in total. The molecule has 0 unspecified atom stereocenters. The third kappa shape index (κ3) is 3.80. The van der Waals surface area contributed by atoms with E-state index in [0.717, 1.165) is 0 Å². The van der Waals surface area contributed by atoms with E-state index in [9.17, 15) is 9.65 Å². The van der Waals surface area contributed by atoms with Gasteiger partial charge in [-0.05, 0) is 24.6 Å². The van der Waals surface area contributed by atoms with Crippen molar-refractivity contribution in [3.63, 3.8) is 0 Å². The van der Waals surface area contributed by atoms with Gasteiger partial charge in [-0.3, -0.25) is 4.68 Å². The molecule has 0 atom stereocenters. The van der Waals surface area contributed by atoms with Gasteiger partial charge in [-0.25, -0.2) is 19.0 Å². The maximum absolute atomic E-state index is 14.7. The van der Waals surface area contributed by atoms with Crippen LogP contribution in [0.1, 0.15) is 16.8 Å². The lowest BCUT2D eigenvalue weighted by Gasteiger charge is -2.09. The van der Waals surface area contributed by atoms with Crippen LogP contribution < -0.4 is 5.73 Å². The predicted molar refractivity (Wildman–Crippen MR) is 107 cm³/mol. The lowest BCUT2D eigenvalue weighted by Crippen LogP contribution is -2.04.